The second-order valence-corrected chi connectivity index (χ2v) is 7.17. The molecule has 0 saturated carbocycles. The Balaban J connectivity index is 1.61. The first-order valence-corrected chi connectivity index (χ1v) is 9.03. The summed E-state index contributed by atoms with van der Waals surface area (Å²) in [5.74, 6) is 0.885. The Kier molecular flexibility index (Phi) is 5.31. The molecule has 1 aromatic heterocycles. The third-order valence-electron chi connectivity index (χ3n) is 4.78. The van der Waals surface area contributed by atoms with Gasteiger partial charge in [0.25, 0.3) is 5.91 Å². The first-order valence-electron chi connectivity index (χ1n) is 9.03. The molecular formula is C20H26N4O. The summed E-state index contributed by atoms with van der Waals surface area (Å²) >= 11 is 0. The molecule has 0 bridgehead atoms. The molecule has 0 radical (unpaired) electrons. The fourth-order valence-electron chi connectivity index (χ4n) is 2.99. The van der Waals surface area contributed by atoms with Crippen molar-refractivity contribution in [1.82, 2.24) is 10.2 Å². The average molecular weight is 338 g/mol. The van der Waals surface area contributed by atoms with Crippen LogP contribution >= 0.6 is 0 Å². The minimum atomic E-state index is -0.234. The van der Waals surface area contributed by atoms with Crippen molar-refractivity contribution in [2.75, 3.05) is 23.3 Å². The number of anilines is 2. The molecule has 2 aromatic rings. The summed E-state index contributed by atoms with van der Waals surface area (Å²) in [6.45, 7) is 8.62. The van der Waals surface area contributed by atoms with E-state index in [0.29, 0.717) is 11.6 Å². The number of benzene rings is 1. The van der Waals surface area contributed by atoms with Crippen LogP contribution in [0.1, 0.15) is 55.7 Å². The van der Waals surface area contributed by atoms with Crippen LogP contribution in [0.3, 0.4) is 0 Å². The molecule has 0 unspecified atom stereocenters. The Labute approximate surface area is 149 Å². The number of aromatic nitrogens is 2. The van der Waals surface area contributed by atoms with E-state index < -0.39 is 0 Å². The van der Waals surface area contributed by atoms with Crippen molar-refractivity contribution in [3.05, 3.63) is 47.8 Å². The highest BCUT2D eigenvalue weighted by molar-refractivity contribution is 6.02. The maximum atomic E-state index is 12.3. The Hall–Kier alpha value is -2.43. The molecular weight excluding hydrogens is 312 g/mol. The van der Waals surface area contributed by atoms with Crippen LogP contribution < -0.4 is 10.2 Å². The highest BCUT2D eigenvalue weighted by atomic mass is 16.1. The SMILES string of the molecule is CC1CCN(c2ccc(NC(=O)c3ccc(C(C)C)nn3)cc2)CC1. The Morgan fingerprint density at radius 2 is 1.76 bits per heavy atom. The summed E-state index contributed by atoms with van der Waals surface area (Å²) in [5.41, 5.74) is 3.20. The van der Waals surface area contributed by atoms with Crippen LogP contribution in [0.4, 0.5) is 11.4 Å². The summed E-state index contributed by atoms with van der Waals surface area (Å²) in [6.07, 6.45) is 2.48. The molecule has 2 heterocycles. The van der Waals surface area contributed by atoms with Crippen molar-refractivity contribution in [2.45, 2.75) is 39.5 Å². The largest absolute Gasteiger partial charge is 0.372 e. The fourth-order valence-corrected chi connectivity index (χ4v) is 2.99. The molecule has 1 aromatic carbocycles. The topological polar surface area (TPSA) is 58.1 Å². The van der Waals surface area contributed by atoms with E-state index in [1.54, 1.807) is 6.07 Å². The van der Waals surface area contributed by atoms with E-state index in [1.165, 1.54) is 18.5 Å². The minimum Gasteiger partial charge on any atom is -0.372 e. The molecule has 1 amide bonds. The predicted molar refractivity (Wildman–Crippen MR) is 101 cm³/mol. The summed E-state index contributed by atoms with van der Waals surface area (Å²) in [5, 5.41) is 11.0. The number of rotatable bonds is 4. The summed E-state index contributed by atoms with van der Waals surface area (Å²) in [4.78, 5) is 14.7. The van der Waals surface area contributed by atoms with Gasteiger partial charge < -0.3 is 10.2 Å². The quantitative estimate of drug-likeness (QED) is 0.912. The second-order valence-electron chi connectivity index (χ2n) is 7.17. The molecule has 25 heavy (non-hydrogen) atoms. The van der Waals surface area contributed by atoms with Crippen LogP contribution in [0.5, 0.6) is 0 Å². The number of hydrogen-bond acceptors (Lipinski definition) is 4. The standard InChI is InChI=1S/C20H26N4O/c1-14(2)18-8-9-19(23-22-18)20(25)21-16-4-6-17(7-5-16)24-12-10-15(3)11-13-24/h4-9,14-15H,10-13H2,1-3H3,(H,21,25). The van der Waals surface area contributed by atoms with Crippen molar-refractivity contribution in [2.24, 2.45) is 5.92 Å². The van der Waals surface area contributed by atoms with Crippen LogP contribution in [-0.2, 0) is 0 Å². The maximum Gasteiger partial charge on any atom is 0.276 e. The molecule has 1 aliphatic heterocycles. The van der Waals surface area contributed by atoms with Gasteiger partial charge in [-0.3, -0.25) is 4.79 Å². The number of nitrogens with zero attached hydrogens (tertiary/aromatic N) is 3. The summed E-state index contributed by atoms with van der Waals surface area (Å²) < 4.78 is 0. The van der Waals surface area contributed by atoms with Gasteiger partial charge in [0.05, 0.1) is 5.69 Å². The Morgan fingerprint density at radius 3 is 2.32 bits per heavy atom. The van der Waals surface area contributed by atoms with Gasteiger partial charge in [-0.05, 0) is 61.1 Å². The molecule has 5 heteroatoms. The molecule has 1 saturated heterocycles. The minimum absolute atomic E-state index is 0.234. The number of nitrogens with one attached hydrogen (secondary N) is 1. The van der Waals surface area contributed by atoms with Gasteiger partial charge in [0, 0.05) is 24.5 Å². The maximum absolute atomic E-state index is 12.3. The van der Waals surface area contributed by atoms with Gasteiger partial charge in [-0.25, -0.2) is 0 Å². The number of carbonyl (C=O) groups is 1. The van der Waals surface area contributed by atoms with Crippen molar-refractivity contribution in [1.29, 1.82) is 0 Å². The summed E-state index contributed by atoms with van der Waals surface area (Å²) in [7, 11) is 0. The predicted octanol–water partition coefficient (Wildman–Crippen LogP) is 4.09. The van der Waals surface area contributed by atoms with E-state index >= 15 is 0 Å². The summed E-state index contributed by atoms with van der Waals surface area (Å²) in [6, 6.07) is 11.6. The van der Waals surface area contributed by atoms with Gasteiger partial charge in [0.15, 0.2) is 5.69 Å². The van der Waals surface area contributed by atoms with Crippen LogP contribution in [0.15, 0.2) is 36.4 Å². The van der Waals surface area contributed by atoms with Crippen molar-refractivity contribution < 1.29 is 4.79 Å². The molecule has 0 aliphatic carbocycles. The first-order chi connectivity index (χ1) is 12.0. The Bertz CT molecular complexity index is 701. The average Bonchev–Trinajstić information content (AvgIpc) is 2.63. The molecule has 1 aliphatic rings. The zero-order valence-corrected chi connectivity index (χ0v) is 15.2. The van der Waals surface area contributed by atoms with Crippen LogP contribution in [0.25, 0.3) is 0 Å². The van der Waals surface area contributed by atoms with Crippen LogP contribution in [0.2, 0.25) is 0 Å². The van der Waals surface area contributed by atoms with E-state index in [9.17, 15) is 4.79 Å². The molecule has 1 fully saturated rings. The molecule has 0 spiro atoms. The van der Waals surface area contributed by atoms with Gasteiger partial charge in [0.2, 0.25) is 0 Å². The molecule has 3 rings (SSSR count). The third-order valence-corrected chi connectivity index (χ3v) is 4.78. The number of carbonyl (C=O) groups excluding carboxylic acids is 1. The lowest BCUT2D eigenvalue weighted by molar-refractivity contribution is 0.102. The first kappa shape index (κ1) is 17.4. The third kappa shape index (κ3) is 4.35. The highest BCUT2D eigenvalue weighted by Gasteiger charge is 2.16. The monoisotopic (exact) mass is 338 g/mol. The van der Waals surface area contributed by atoms with E-state index in [2.05, 4.69) is 39.5 Å². The van der Waals surface area contributed by atoms with Crippen molar-refractivity contribution >= 4 is 17.3 Å². The molecule has 132 valence electrons. The number of piperidine rings is 1. The highest BCUT2D eigenvalue weighted by Crippen LogP contribution is 2.24. The zero-order chi connectivity index (χ0) is 17.8. The fraction of sp³-hybridized carbons (Fsp3) is 0.450. The lowest BCUT2D eigenvalue weighted by atomic mass is 9.99. The Morgan fingerprint density at radius 1 is 1.08 bits per heavy atom. The van der Waals surface area contributed by atoms with E-state index in [1.807, 2.05) is 32.0 Å². The lowest BCUT2D eigenvalue weighted by Gasteiger charge is -2.32. The van der Waals surface area contributed by atoms with E-state index in [0.717, 1.165) is 30.4 Å². The molecule has 1 N–H and O–H groups in total. The van der Waals surface area contributed by atoms with Crippen LogP contribution in [-0.4, -0.2) is 29.2 Å². The lowest BCUT2D eigenvalue weighted by Crippen LogP contribution is -2.32. The van der Waals surface area contributed by atoms with Gasteiger partial charge in [-0.1, -0.05) is 20.8 Å². The molecule has 5 nitrogen and oxygen atoms in total. The van der Waals surface area contributed by atoms with Gasteiger partial charge in [-0.2, -0.15) is 5.10 Å². The zero-order valence-electron chi connectivity index (χ0n) is 15.2. The molecule has 0 atom stereocenters. The van der Waals surface area contributed by atoms with Gasteiger partial charge in [-0.15, -0.1) is 5.10 Å². The van der Waals surface area contributed by atoms with Crippen molar-refractivity contribution in [3.8, 4) is 0 Å². The second kappa shape index (κ2) is 7.64. The number of hydrogen-bond donors (Lipinski definition) is 1. The van der Waals surface area contributed by atoms with Crippen molar-refractivity contribution in [3.63, 3.8) is 0 Å². The number of amides is 1. The van der Waals surface area contributed by atoms with Gasteiger partial charge in [0.1, 0.15) is 0 Å². The van der Waals surface area contributed by atoms with Gasteiger partial charge >= 0.3 is 0 Å². The van der Waals surface area contributed by atoms with Crippen LogP contribution in [0, 0.1) is 5.92 Å². The van der Waals surface area contributed by atoms with E-state index in [-0.39, 0.29) is 5.91 Å². The smallest absolute Gasteiger partial charge is 0.276 e. The van der Waals surface area contributed by atoms with E-state index in [4.69, 9.17) is 0 Å². The normalized spacial score (nSPS) is 15.4.